The second kappa shape index (κ2) is 4.56. The van der Waals surface area contributed by atoms with Crippen molar-refractivity contribution >= 4 is 5.97 Å². The number of carbonyl (C=O) groups is 1. The molecule has 6 nitrogen and oxygen atoms in total. The van der Waals surface area contributed by atoms with Gasteiger partial charge in [0.05, 0.1) is 23.3 Å². The summed E-state index contributed by atoms with van der Waals surface area (Å²) in [4.78, 5) is 11.2. The third-order valence-corrected chi connectivity index (χ3v) is 4.10. The standard InChI is InChI=1S/C16H14N4O2/c1-9-2-4-10(5-3-9)20-13-7-6-11-14(12(13)8-17-20)18-19-15(11)16(21)22/h2-5,8H,6-7H2,1H3,(H,18,19)(H,21,22). The van der Waals surface area contributed by atoms with E-state index < -0.39 is 5.97 Å². The van der Waals surface area contributed by atoms with E-state index in [1.807, 2.05) is 23.7 Å². The predicted molar refractivity (Wildman–Crippen MR) is 80.3 cm³/mol. The molecular formula is C16H14N4O2. The zero-order valence-corrected chi connectivity index (χ0v) is 12.0. The van der Waals surface area contributed by atoms with Crippen molar-refractivity contribution in [3.05, 3.63) is 53.0 Å². The van der Waals surface area contributed by atoms with Crippen molar-refractivity contribution < 1.29 is 9.90 Å². The van der Waals surface area contributed by atoms with Gasteiger partial charge in [-0.25, -0.2) is 9.48 Å². The molecule has 2 N–H and O–H groups in total. The number of hydrogen-bond donors (Lipinski definition) is 2. The van der Waals surface area contributed by atoms with Gasteiger partial charge in [0.15, 0.2) is 0 Å². The summed E-state index contributed by atoms with van der Waals surface area (Å²) >= 11 is 0. The largest absolute Gasteiger partial charge is 0.477 e. The van der Waals surface area contributed by atoms with Gasteiger partial charge in [-0.1, -0.05) is 17.7 Å². The molecular weight excluding hydrogens is 280 g/mol. The van der Waals surface area contributed by atoms with E-state index in [-0.39, 0.29) is 5.69 Å². The third kappa shape index (κ3) is 1.77. The SMILES string of the molecule is Cc1ccc(-n2ncc3c2CCc2c-3n[nH]c2C(=O)O)cc1. The Kier molecular flexibility index (Phi) is 2.66. The molecule has 3 aromatic rings. The number of carboxylic acid groups (broad SMARTS) is 1. The second-order valence-corrected chi connectivity index (χ2v) is 5.48. The summed E-state index contributed by atoms with van der Waals surface area (Å²) in [6.45, 7) is 2.05. The van der Waals surface area contributed by atoms with Crippen LogP contribution in [0.25, 0.3) is 16.9 Å². The van der Waals surface area contributed by atoms with Crippen LogP contribution in [0.2, 0.25) is 0 Å². The van der Waals surface area contributed by atoms with Gasteiger partial charge >= 0.3 is 5.97 Å². The molecule has 1 aliphatic rings. The van der Waals surface area contributed by atoms with E-state index in [9.17, 15) is 9.90 Å². The van der Waals surface area contributed by atoms with Crippen molar-refractivity contribution in [1.82, 2.24) is 20.0 Å². The van der Waals surface area contributed by atoms with E-state index in [0.29, 0.717) is 12.1 Å². The average Bonchev–Trinajstić information content (AvgIpc) is 3.11. The maximum Gasteiger partial charge on any atom is 0.354 e. The summed E-state index contributed by atoms with van der Waals surface area (Å²) in [6, 6.07) is 8.17. The van der Waals surface area contributed by atoms with Crippen molar-refractivity contribution in [2.75, 3.05) is 0 Å². The number of nitrogens with one attached hydrogen (secondary N) is 1. The molecule has 2 aromatic heterocycles. The van der Waals surface area contributed by atoms with E-state index in [0.717, 1.165) is 28.9 Å². The summed E-state index contributed by atoms with van der Waals surface area (Å²) in [5, 5.41) is 20.5. The van der Waals surface area contributed by atoms with Gasteiger partial charge in [0, 0.05) is 11.1 Å². The van der Waals surface area contributed by atoms with Crippen molar-refractivity contribution in [2.45, 2.75) is 19.8 Å². The lowest BCUT2D eigenvalue weighted by Gasteiger charge is -2.14. The van der Waals surface area contributed by atoms with Crippen molar-refractivity contribution in [3.63, 3.8) is 0 Å². The lowest BCUT2D eigenvalue weighted by Crippen LogP contribution is -2.10. The van der Waals surface area contributed by atoms with Crippen LogP contribution in [0.5, 0.6) is 0 Å². The van der Waals surface area contributed by atoms with Crippen molar-refractivity contribution in [2.24, 2.45) is 0 Å². The maximum atomic E-state index is 11.2. The van der Waals surface area contributed by atoms with Gasteiger partial charge in [0.2, 0.25) is 0 Å². The molecule has 0 amide bonds. The Bertz CT molecular complexity index is 874. The fourth-order valence-corrected chi connectivity index (χ4v) is 2.97. The molecule has 0 saturated heterocycles. The number of aromatic carboxylic acids is 1. The third-order valence-electron chi connectivity index (χ3n) is 4.10. The van der Waals surface area contributed by atoms with Crippen LogP contribution in [0.1, 0.15) is 27.3 Å². The molecule has 4 rings (SSSR count). The molecule has 0 saturated carbocycles. The number of rotatable bonds is 2. The first-order chi connectivity index (χ1) is 10.6. The molecule has 110 valence electrons. The summed E-state index contributed by atoms with van der Waals surface area (Å²) in [5.74, 6) is -0.969. The van der Waals surface area contributed by atoms with E-state index in [2.05, 4.69) is 27.4 Å². The Morgan fingerprint density at radius 2 is 2.05 bits per heavy atom. The van der Waals surface area contributed by atoms with E-state index in [1.54, 1.807) is 6.20 Å². The number of fused-ring (bicyclic) bond motifs is 3. The highest BCUT2D eigenvalue weighted by Gasteiger charge is 2.28. The molecule has 0 fully saturated rings. The zero-order chi connectivity index (χ0) is 15.3. The normalized spacial score (nSPS) is 12.8. The molecule has 0 radical (unpaired) electrons. The Hall–Kier alpha value is -2.89. The zero-order valence-electron chi connectivity index (χ0n) is 12.0. The van der Waals surface area contributed by atoms with Gasteiger partial charge < -0.3 is 5.11 Å². The first-order valence-electron chi connectivity index (χ1n) is 7.10. The number of aromatic amines is 1. The van der Waals surface area contributed by atoms with E-state index in [1.165, 1.54) is 5.56 Å². The summed E-state index contributed by atoms with van der Waals surface area (Å²) in [5.41, 5.74) is 5.84. The number of benzene rings is 1. The smallest absolute Gasteiger partial charge is 0.354 e. The summed E-state index contributed by atoms with van der Waals surface area (Å²) in [6.07, 6.45) is 3.16. The van der Waals surface area contributed by atoms with Gasteiger partial charge in [-0.15, -0.1) is 0 Å². The minimum absolute atomic E-state index is 0.184. The summed E-state index contributed by atoms with van der Waals surface area (Å²) < 4.78 is 1.91. The first kappa shape index (κ1) is 12.8. The molecule has 0 aliphatic heterocycles. The Labute approximate surface area is 126 Å². The molecule has 0 spiro atoms. The van der Waals surface area contributed by atoms with Gasteiger partial charge in [-0.2, -0.15) is 10.2 Å². The molecule has 6 heteroatoms. The van der Waals surface area contributed by atoms with Crippen LogP contribution < -0.4 is 0 Å². The molecule has 0 bridgehead atoms. The lowest BCUT2D eigenvalue weighted by atomic mass is 9.94. The van der Waals surface area contributed by atoms with Gasteiger partial charge in [0.25, 0.3) is 0 Å². The van der Waals surface area contributed by atoms with Gasteiger partial charge in [-0.05, 0) is 31.9 Å². The van der Waals surface area contributed by atoms with Crippen LogP contribution >= 0.6 is 0 Å². The number of carboxylic acids is 1. The molecule has 22 heavy (non-hydrogen) atoms. The topological polar surface area (TPSA) is 83.8 Å². The average molecular weight is 294 g/mol. The quantitative estimate of drug-likeness (QED) is 0.760. The number of H-pyrrole nitrogens is 1. The number of nitrogens with zero attached hydrogens (tertiary/aromatic N) is 3. The fraction of sp³-hybridized carbons (Fsp3) is 0.188. The number of aryl methyl sites for hydroxylation is 1. The summed E-state index contributed by atoms with van der Waals surface area (Å²) in [7, 11) is 0. The van der Waals surface area contributed by atoms with Gasteiger partial charge in [-0.3, -0.25) is 5.10 Å². The number of hydrogen-bond acceptors (Lipinski definition) is 3. The maximum absolute atomic E-state index is 11.2. The molecule has 1 aliphatic carbocycles. The highest BCUT2D eigenvalue weighted by molar-refractivity contribution is 5.90. The van der Waals surface area contributed by atoms with Crippen LogP contribution in [-0.2, 0) is 12.8 Å². The van der Waals surface area contributed by atoms with Crippen LogP contribution in [0.4, 0.5) is 0 Å². The Morgan fingerprint density at radius 1 is 1.27 bits per heavy atom. The first-order valence-corrected chi connectivity index (χ1v) is 7.10. The van der Waals surface area contributed by atoms with Crippen LogP contribution in [-0.4, -0.2) is 31.1 Å². The van der Waals surface area contributed by atoms with E-state index >= 15 is 0 Å². The molecule has 0 atom stereocenters. The highest BCUT2D eigenvalue weighted by Crippen LogP contribution is 2.34. The molecule has 1 aromatic carbocycles. The minimum Gasteiger partial charge on any atom is -0.477 e. The monoisotopic (exact) mass is 294 g/mol. The Balaban J connectivity index is 1.84. The molecule has 2 heterocycles. The number of aromatic nitrogens is 4. The Morgan fingerprint density at radius 3 is 2.77 bits per heavy atom. The lowest BCUT2D eigenvalue weighted by molar-refractivity contribution is 0.0689. The minimum atomic E-state index is -0.969. The molecule has 0 unspecified atom stereocenters. The van der Waals surface area contributed by atoms with Crippen molar-refractivity contribution in [3.8, 4) is 16.9 Å². The van der Waals surface area contributed by atoms with Crippen LogP contribution in [0, 0.1) is 6.92 Å². The fourth-order valence-electron chi connectivity index (χ4n) is 2.97. The van der Waals surface area contributed by atoms with Crippen LogP contribution in [0.15, 0.2) is 30.5 Å². The van der Waals surface area contributed by atoms with Gasteiger partial charge in [0.1, 0.15) is 5.69 Å². The highest BCUT2D eigenvalue weighted by atomic mass is 16.4. The van der Waals surface area contributed by atoms with Crippen molar-refractivity contribution in [1.29, 1.82) is 0 Å². The predicted octanol–water partition coefficient (Wildman–Crippen LogP) is 2.37. The second-order valence-electron chi connectivity index (χ2n) is 5.48. The van der Waals surface area contributed by atoms with E-state index in [4.69, 9.17) is 0 Å². The van der Waals surface area contributed by atoms with Crippen LogP contribution in [0.3, 0.4) is 0 Å².